The van der Waals surface area contributed by atoms with Crippen LogP contribution < -0.4 is 11.1 Å². The van der Waals surface area contributed by atoms with Crippen molar-refractivity contribution in [1.29, 1.82) is 0 Å². The molecule has 0 aliphatic heterocycles. The molecular weight excluding hydrogens is 276 g/mol. The molecule has 1 aromatic heterocycles. The summed E-state index contributed by atoms with van der Waals surface area (Å²) in [5.74, 6) is 0.00330. The Hall–Kier alpha value is -2.14. The molecule has 118 valence electrons. The van der Waals surface area contributed by atoms with E-state index in [1.165, 1.54) is 0 Å². The molecule has 22 heavy (non-hydrogen) atoms. The van der Waals surface area contributed by atoms with Gasteiger partial charge in [-0.3, -0.25) is 4.79 Å². The fourth-order valence-corrected chi connectivity index (χ4v) is 2.21. The molecule has 0 saturated carbocycles. The second-order valence-electron chi connectivity index (χ2n) is 5.64. The van der Waals surface area contributed by atoms with Crippen molar-refractivity contribution in [3.8, 4) is 5.69 Å². The summed E-state index contributed by atoms with van der Waals surface area (Å²) < 4.78 is 1.79. The Bertz CT molecular complexity index is 586. The minimum atomic E-state index is -0.306. The van der Waals surface area contributed by atoms with Gasteiger partial charge < -0.3 is 11.1 Å². The molecule has 5 nitrogen and oxygen atoms in total. The van der Waals surface area contributed by atoms with E-state index >= 15 is 0 Å². The van der Waals surface area contributed by atoms with Crippen molar-refractivity contribution in [2.24, 2.45) is 5.73 Å². The highest BCUT2D eigenvalue weighted by molar-refractivity contribution is 5.78. The van der Waals surface area contributed by atoms with Gasteiger partial charge in [0.2, 0.25) is 5.91 Å². The predicted molar refractivity (Wildman–Crippen MR) is 87.8 cm³/mol. The number of nitrogens with two attached hydrogens (primary N) is 1. The zero-order valence-electron chi connectivity index (χ0n) is 13.2. The van der Waals surface area contributed by atoms with Crippen LogP contribution in [0.15, 0.2) is 42.7 Å². The SMILES string of the molecule is CCC(N)(CC)CNC(=O)Cc1ccc(-n2cccn2)cc1. The first-order chi connectivity index (χ1) is 10.6. The Morgan fingerprint density at radius 1 is 1.27 bits per heavy atom. The van der Waals surface area contributed by atoms with E-state index in [4.69, 9.17) is 5.73 Å². The number of nitrogens with one attached hydrogen (secondary N) is 1. The molecule has 0 saturated heterocycles. The molecule has 2 aromatic rings. The molecule has 1 heterocycles. The Morgan fingerprint density at radius 3 is 2.50 bits per heavy atom. The van der Waals surface area contributed by atoms with Gasteiger partial charge in [-0.05, 0) is 36.6 Å². The van der Waals surface area contributed by atoms with Crippen LogP contribution in [0.2, 0.25) is 0 Å². The number of hydrogen-bond donors (Lipinski definition) is 2. The van der Waals surface area contributed by atoms with Crippen LogP contribution in [0.25, 0.3) is 5.69 Å². The summed E-state index contributed by atoms with van der Waals surface area (Å²) in [6.07, 6.45) is 5.69. The standard InChI is InChI=1S/C17H24N4O/c1-3-17(18,4-2)13-19-16(22)12-14-6-8-15(9-7-14)21-11-5-10-20-21/h5-11H,3-4,12-13,18H2,1-2H3,(H,19,22). The van der Waals surface area contributed by atoms with Gasteiger partial charge in [-0.15, -0.1) is 0 Å². The maximum Gasteiger partial charge on any atom is 0.224 e. The number of carbonyl (C=O) groups excluding carboxylic acids is 1. The summed E-state index contributed by atoms with van der Waals surface area (Å²) in [5.41, 5.74) is 7.84. The number of rotatable bonds is 7. The average molecular weight is 300 g/mol. The molecule has 0 radical (unpaired) electrons. The Morgan fingerprint density at radius 2 is 1.95 bits per heavy atom. The summed E-state index contributed by atoms with van der Waals surface area (Å²) >= 11 is 0. The molecule has 0 fully saturated rings. The minimum absolute atomic E-state index is 0.00330. The summed E-state index contributed by atoms with van der Waals surface area (Å²) in [6, 6.07) is 9.70. The largest absolute Gasteiger partial charge is 0.354 e. The van der Waals surface area contributed by atoms with Crippen LogP contribution in [0.4, 0.5) is 0 Å². The Labute approximate surface area is 131 Å². The highest BCUT2D eigenvalue weighted by atomic mass is 16.1. The normalized spacial score (nSPS) is 11.4. The van der Waals surface area contributed by atoms with Crippen molar-refractivity contribution in [1.82, 2.24) is 15.1 Å². The van der Waals surface area contributed by atoms with E-state index in [1.54, 1.807) is 10.9 Å². The van der Waals surface area contributed by atoms with Crippen LogP contribution in [0, 0.1) is 0 Å². The van der Waals surface area contributed by atoms with Crippen molar-refractivity contribution < 1.29 is 4.79 Å². The van der Waals surface area contributed by atoms with Gasteiger partial charge in [0.15, 0.2) is 0 Å². The lowest BCUT2D eigenvalue weighted by atomic mass is 9.94. The lowest BCUT2D eigenvalue weighted by Crippen LogP contribution is -2.49. The van der Waals surface area contributed by atoms with Gasteiger partial charge in [0.1, 0.15) is 0 Å². The maximum absolute atomic E-state index is 12.0. The van der Waals surface area contributed by atoms with Crippen molar-refractivity contribution in [2.45, 2.75) is 38.6 Å². The average Bonchev–Trinajstić information content (AvgIpc) is 3.08. The monoisotopic (exact) mass is 300 g/mol. The lowest BCUT2D eigenvalue weighted by Gasteiger charge is -2.26. The van der Waals surface area contributed by atoms with Gasteiger partial charge >= 0.3 is 0 Å². The topological polar surface area (TPSA) is 72.9 Å². The predicted octanol–water partition coefficient (Wildman–Crippen LogP) is 2.05. The molecule has 0 aliphatic carbocycles. The van der Waals surface area contributed by atoms with E-state index in [9.17, 15) is 4.79 Å². The van der Waals surface area contributed by atoms with Gasteiger partial charge in [0.25, 0.3) is 0 Å². The first-order valence-corrected chi connectivity index (χ1v) is 7.71. The maximum atomic E-state index is 12.0. The fraction of sp³-hybridized carbons (Fsp3) is 0.412. The van der Waals surface area contributed by atoms with Gasteiger partial charge in [0.05, 0.1) is 12.1 Å². The molecule has 2 rings (SSSR count). The Kier molecular flexibility index (Phi) is 5.33. The van der Waals surface area contributed by atoms with E-state index in [0.717, 1.165) is 24.1 Å². The zero-order valence-corrected chi connectivity index (χ0v) is 13.2. The summed E-state index contributed by atoms with van der Waals surface area (Å²) in [4.78, 5) is 12.0. The van der Waals surface area contributed by atoms with E-state index in [0.29, 0.717) is 13.0 Å². The van der Waals surface area contributed by atoms with Crippen LogP contribution >= 0.6 is 0 Å². The fourth-order valence-electron chi connectivity index (χ4n) is 2.21. The van der Waals surface area contributed by atoms with Crippen LogP contribution in [0.3, 0.4) is 0 Å². The van der Waals surface area contributed by atoms with E-state index in [-0.39, 0.29) is 11.4 Å². The van der Waals surface area contributed by atoms with Crippen molar-refractivity contribution in [3.63, 3.8) is 0 Å². The van der Waals surface area contributed by atoms with E-state index < -0.39 is 0 Å². The van der Waals surface area contributed by atoms with E-state index in [2.05, 4.69) is 10.4 Å². The van der Waals surface area contributed by atoms with Crippen LogP contribution in [0.5, 0.6) is 0 Å². The molecule has 0 bridgehead atoms. The molecule has 3 N–H and O–H groups in total. The lowest BCUT2D eigenvalue weighted by molar-refractivity contribution is -0.120. The molecule has 1 amide bonds. The third-order valence-corrected chi connectivity index (χ3v) is 4.12. The molecule has 0 spiro atoms. The summed E-state index contributed by atoms with van der Waals surface area (Å²) in [7, 11) is 0. The first-order valence-electron chi connectivity index (χ1n) is 7.71. The van der Waals surface area contributed by atoms with Crippen molar-refractivity contribution in [2.75, 3.05) is 6.54 Å². The number of amides is 1. The van der Waals surface area contributed by atoms with Gasteiger partial charge in [-0.1, -0.05) is 26.0 Å². The van der Waals surface area contributed by atoms with Gasteiger partial charge in [-0.25, -0.2) is 4.68 Å². The third kappa shape index (κ3) is 4.18. The van der Waals surface area contributed by atoms with Crippen molar-refractivity contribution >= 4 is 5.91 Å². The van der Waals surface area contributed by atoms with Gasteiger partial charge in [0, 0.05) is 24.5 Å². The molecule has 0 atom stereocenters. The molecule has 1 aromatic carbocycles. The highest BCUT2D eigenvalue weighted by Crippen LogP contribution is 2.11. The Balaban J connectivity index is 1.89. The zero-order chi connectivity index (χ0) is 16.0. The molecule has 0 aliphatic rings. The summed E-state index contributed by atoms with van der Waals surface area (Å²) in [6.45, 7) is 4.61. The number of carbonyl (C=O) groups is 1. The second-order valence-corrected chi connectivity index (χ2v) is 5.64. The van der Waals surface area contributed by atoms with Crippen molar-refractivity contribution in [3.05, 3.63) is 48.3 Å². The third-order valence-electron chi connectivity index (χ3n) is 4.12. The van der Waals surface area contributed by atoms with Gasteiger partial charge in [-0.2, -0.15) is 5.10 Å². The quantitative estimate of drug-likeness (QED) is 0.822. The second kappa shape index (κ2) is 7.22. The minimum Gasteiger partial charge on any atom is -0.354 e. The molecule has 5 heteroatoms. The summed E-state index contributed by atoms with van der Waals surface area (Å²) in [5, 5.41) is 7.11. The number of nitrogens with zero attached hydrogens (tertiary/aromatic N) is 2. The smallest absolute Gasteiger partial charge is 0.224 e. The molecule has 0 unspecified atom stereocenters. The number of benzene rings is 1. The number of aromatic nitrogens is 2. The number of hydrogen-bond acceptors (Lipinski definition) is 3. The van der Waals surface area contributed by atoms with Crippen LogP contribution in [-0.4, -0.2) is 27.8 Å². The first kappa shape index (κ1) is 16.2. The van der Waals surface area contributed by atoms with Crippen LogP contribution in [0.1, 0.15) is 32.3 Å². The van der Waals surface area contributed by atoms with E-state index in [1.807, 2.05) is 50.4 Å². The highest BCUT2D eigenvalue weighted by Gasteiger charge is 2.20. The molecular formula is C17H24N4O. The van der Waals surface area contributed by atoms with Crippen LogP contribution in [-0.2, 0) is 11.2 Å².